The van der Waals surface area contributed by atoms with Crippen LogP contribution in [0.5, 0.6) is 0 Å². The Morgan fingerprint density at radius 1 is 0.921 bits per heavy atom. The van der Waals surface area contributed by atoms with Gasteiger partial charge in [-0.25, -0.2) is 8.42 Å². The smallest absolute Gasteiger partial charge is 0.264 e. The molecule has 7 nitrogen and oxygen atoms in total. The number of hydrogen-bond acceptors (Lipinski definition) is 4. The zero-order valence-corrected chi connectivity index (χ0v) is 24.6. The first-order valence-electron chi connectivity index (χ1n) is 12.5. The molecule has 0 aliphatic carbocycles. The standard InChI is InChI=1S/C29H34BrN3O4S/c1-5-27(29(35)31-6-2)32(19-23-10-8-7-9-22(23)4)28(34)20-33(25-15-13-24(30)14-16-25)38(36,37)26-17-11-21(3)12-18-26/h7-18,27H,5-6,19-20H2,1-4H3,(H,31,35)/t27-/m1/s1. The van der Waals surface area contributed by atoms with Crippen molar-refractivity contribution in [3.8, 4) is 0 Å². The van der Waals surface area contributed by atoms with E-state index in [4.69, 9.17) is 0 Å². The highest BCUT2D eigenvalue weighted by molar-refractivity contribution is 9.10. The molecule has 202 valence electrons. The minimum Gasteiger partial charge on any atom is -0.355 e. The van der Waals surface area contributed by atoms with Gasteiger partial charge in [-0.15, -0.1) is 0 Å². The molecule has 3 aromatic rings. The maximum Gasteiger partial charge on any atom is 0.264 e. The monoisotopic (exact) mass is 599 g/mol. The molecule has 0 aliphatic heterocycles. The predicted molar refractivity (Wildman–Crippen MR) is 154 cm³/mol. The lowest BCUT2D eigenvalue weighted by Gasteiger charge is -2.33. The molecule has 0 unspecified atom stereocenters. The van der Waals surface area contributed by atoms with Crippen molar-refractivity contribution in [2.24, 2.45) is 0 Å². The van der Waals surface area contributed by atoms with E-state index in [1.807, 2.05) is 52.0 Å². The second-order valence-corrected chi connectivity index (χ2v) is 11.8. The van der Waals surface area contributed by atoms with Crippen molar-refractivity contribution >= 4 is 43.5 Å². The number of anilines is 1. The molecule has 0 spiro atoms. The van der Waals surface area contributed by atoms with E-state index >= 15 is 0 Å². The van der Waals surface area contributed by atoms with Crippen molar-refractivity contribution in [2.75, 3.05) is 17.4 Å². The summed E-state index contributed by atoms with van der Waals surface area (Å²) < 4.78 is 29.6. The summed E-state index contributed by atoms with van der Waals surface area (Å²) >= 11 is 3.39. The van der Waals surface area contributed by atoms with Gasteiger partial charge in [-0.3, -0.25) is 13.9 Å². The summed E-state index contributed by atoms with van der Waals surface area (Å²) in [5, 5.41) is 2.81. The predicted octanol–water partition coefficient (Wildman–Crippen LogP) is 5.20. The number of carbonyl (C=O) groups is 2. The SMILES string of the molecule is CCNC(=O)[C@@H](CC)N(Cc1ccccc1C)C(=O)CN(c1ccc(Br)cc1)S(=O)(=O)c1ccc(C)cc1. The fourth-order valence-corrected chi connectivity index (χ4v) is 5.83. The van der Waals surface area contributed by atoms with E-state index in [0.717, 1.165) is 25.5 Å². The molecule has 0 radical (unpaired) electrons. The molecule has 0 bridgehead atoms. The Bertz CT molecular complexity index is 1360. The lowest BCUT2D eigenvalue weighted by molar-refractivity contribution is -0.140. The molecule has 9 heteroatoms. The van der Waals surface area contributed by atoms with Crippen LogP contribution in [-0.4, -0.2) is 44.3 Å². The number of nitrogens with one attached hydrogen (secondary N) is 1. The third-order valence-electron chi connectivity index (χ3n) is 6.34. The Morgan fingerprint density at radius 3 is 2.13 bits per heavy atom. The van der Waals surface area contributed by atoms with Gasteiger partial charge in [0.15, 0.2) is 0 Å². The van der Waals surface area contributed by atoms with Crippen LogP contribution >= 0.6 is 15.9 Å². The second-order valence-electron chi connectivity index (χ2n) is 9.07. The van der Waals surface area contributed by atoms with Gasteiger partial charge in [0.2, 0.25) is 11.8 Å². The molecule has 38 heavy (non-hydrogen) atoms. The number of carbonyl (C=O) groups excluding carboxylic acids is 2. The molecule has 0 aliphatic rings. The molecule has 0 heterocycles. The largest absolute Gasteiger partial charge is 0.355 e. The zero-order chi connectivity index (χ0) is 27.9. The van der Waals surface area contributed by atoms with Crippen LogP contribution in [0.1, 0.15) is 37.0 Å². The lowest BCUT2D eigenvalue weighted by atomic mass is 10.1. The second kappa shape index (κ2) is 13.1. The van der Waals surface area contributed by atoms with Crippen LogP contribution in [0.3, 0.4) is 0 Å². The Hall–Kier alpha value is -3.17. The van der Waals surface area contributed by atoms with Crippen molar-refractivity contribution in [3.05, 3.63) is 94.0 Å². The van der Waals surface area contributed by atoms with Gasteiger partial charge in [0, 0.05) is 17.6 Å². The summed E-state index contributed by atoms with van der Waals surface area (Å²) in [6.07, 6.45) is 0.381. The van der Waals surface area contributed by atoms with Gasteiger partial charge in [0.1, 0.15) is 12.6 Å². The van der Waals surface area contributed by atoms with Gasteiger partial charge in [0.25, 0.3) is 10.0 Å². The van der Waals surface area contributed by atoms with Crippen LogP contribution in [0.2, 0.25) is 0 Å². The van der Waals surface area contributed by atoms with Gasteiger partial charge in [-0.2, -0.15) is 0 Å². The van der Waals surface area contributed by atoms with Crippen molar-refractivity contribution in [1.82, 2.24) is 10.2 Å². The molecule has 0 fully saturated rings. The number of nitrogens with zero attached hydrogens (tertiary/aromatic N) is 2. The van der Waals surface area contributed by atoms with E-state index < -0.39 is 28.5 Å². The van der Waals surface area contributed by atoms with E-state index in [9.17, 15) is 18.0 Å². The number of amides is 2. The van der Waals surface area contributed by atoms with Crippen LogP contribution in [0.15, 0.2) is 82.2 Å². The Morgan fingerprint density at radius 2 is 1.55 bits per heavy atom. The minimum absolute atomic E-state index is 0.0834. The maximum atomic E-state index is 14.0. The number of benzene rings is 3. The van der Waals surface area contributed by atoms with Gasteiger partial charge in [-0.1, -0.05) is 64.8 Å². The number of hydrogen-bond donors (Lipinski definition) is 1. The highest BCUT2D eigenvalue weighted by Gasteiger charge is 2.33. The quantitative estimate of drug-likeness (QED) is 0.328. The Balaban J connectivity index is 2.06. The maximum absolute atomic E-state index is 14.0. The topological polar surface area (TPSA) is 86.8 Å². The van der Waals surface area contributed by atoms with Crippen molar-refractivity contribution in [1.29, 1.82) is 0 Å². The van der Waals surface area contributed by atoms with Gasteiger partial charge in [0.05, 0.1) is 10.6 Å². The van der Waals surface area contributed by atoms with Crippen molar-refractivity contribution in [3.63, 3.8) is 0 Å². The molecule has 1 N–H and O–H groups in total. The summed E-state index contributed by atoms with van der Waals surface area (Å²) in [6.45, 7) is 7.63. The molecule has 0 saturated heterocycles. The first-order chi connectivity index (χ1) is 18.1. The van der Waals surface area contributed by atoms with Crippen molar-refractivity contribution in [2.45, 2.75) is 51.6 Å². The van der Waals surface area contributed by atoms with E-state index in [-0.39, 0.29) is 17.3 Å². The lowest BCUT2D eigenvalue weighted by Crippen LogP contribution is -2.52. The van der Waals surface area contributed by atoms with E-state index in [0.29, 0.717) is 18.7 Å². The summed E-state index contributed by atoms with van der Waals surface area (Å²) in [5.74, 6) is -0.738. The molecule has 0 aromatic heterocycles. The molecular formula is C29H34BrN3O4S. The van der Waals surface area contributed by atoms with Gasteiger partial charge >= 0.3 is 0 Å². The number of halogens is 1. The summed E-state index contributed by atoms with van der Waals surface area (Å²) in [5.41, 5.74) is 3.14. The minimum atomic E-state index is -4.09. The highest BCUT2D eigenvalue weighted by Crippen LogP contribution is 2.26. The zero-order valence-electron chi connectivity index (χ0n) is 22.1. The fraction of sp³-hybridized carbons (Fsp3) is 0.310. The van der Waals surface area contributed by atoms with Crippen LogP contribution in [0, 0.1) is 13.8 Å². The molecule has 1 atom stereocenters. The van der Waals surface area contributed by atoms with Crippen LogP contribution in [-0.2, 0) is 26.2 Å². The summed E-state index contributed by atoms with van der Waals surface area (Å²) in [6, 6.07) is 20.2. The Kier molecular flexibility index (Phi) is 10.1. The third-order valence-corrected chi connectivity index (χ3v) is 8.66. The average Bonchev–Trinajstić information content (AvgIpc) is 2.89. The molecular weight excluding hydrogens is 566 g/mol. The van der Waals surface area contributed by atoms with Crippen LogP contribution < -0.4 is 9.62 Å². The van der Waals surface area contributed by atoms with Crippen LogP contribution in [0.25, 0.3) is 0 Å². The number of likely N-dealkylation sites (N-methyl/N-ethyl adjacent to an activating group) is 1. The van der Waals surface area contributed by atoms with E-state index in [2.05, 4.69) is 21.2 Å². The van der Waals surface area contributed by atoms with Crippen molar-refractivity contribution < 1.29 is 18.0 Å². The Labute approximate surface area is 234 Å². The fourth-order valence-electron chi connectivity index (χ4n) is 4.16. The number of sulfonamides is 1. The van der Waals surface area contributed by atoms with Gasteiger partial charge in [-0.05, 0) is 74.7 Å². The number of rotatable bonds is 11. The van der Waals surface area contributed by atoms with E-state index in [1.165, 1.54) is 17.0 Å². The third kappa shape index (κ3) is 7.02. The summed E-state index contributed by atoms with van der Waals surface area (Å²) in [4.78, 5) is 28.6. The summed E-state index contributed by atoms with van der Waals surface area (Å²) in [7, 11) is -4.09. The van der Waals surface area contributed by atoms with Gasteiger partial charge < -0.3 is 10.2 Å². The first-order valence-corrected chi connectivity index (χ1v) is 14.8. The number of aryl methyl sites for hydroxylation is 2. The highest BCUT2D eigenvalue weighted by atomic mass is 79.9. The first kappa shape index (κ1) is 29.4. The normalized spacial score (nSPS) is 12.0. The molecule has 0 saturated carbocycles. The average molecular weight is 601 g/mol. The van der Waals surface area contributed by atoms with Crippen LogP contribution in [0.4, 0.5) is 5.69 Å². The molecule has 3 aromatic carbocycles. The molecule has 2 amide bonds. The van der Waals surface area contributed by atoms with E-state index in [1.54, 1.807) is 36.4 Å². The molecule has 3 rings (SSSR count).